The molecule has 0 atom stereocenters. The summed E-state index contributed by atoms with van der Waals surface area (Å²) in [7, 11) is 0. The van der Waals surface area contributed by atoms with E-state index in [9.17, 15) is 5.11 Å². The Balaban J connectivity index is 1.62. The van der Waals surface area contributed by atoms with Crippen molar-refractivity contribution in [3.8, 4) is 16.9 Å². The van der Waals surface area contributed by atoms with Crippen molar-refractivity contribution in [2.45, 2.75) is 32.6 Å². The molecule has 1 aliphatic carbocycles. The van der Waals surface area contributed by atoms with Crippen LogP contribution >= 0.6 is 11.3 Å². The molecule has 0 radical (unpaired) electrons. The molecule has 2 aromatic heterocycles. The molecule has 2 N–H and O–H groups in total. The number of phenols is 1. The standard InChI is InChI=1S/C23H21N3OS/c1-14-6-9-20(27)19(10-14)26-22-21-18(12-28-23(21)25-13-24-22)17-8-7-15-4-2-3-5-16(15)11-17/h6-13,27H,2-5H2,1H3,(H,24,25,26). The highest BCUT2D eigenvalue weighted by Gasteiger charge is 2.16. The van der Waals surface area contributed by atoms with Gasteiger partial charge in [-0.2, -0.15) is 0 Å². The van der Waals surface area contributed by atoms with Gasteiger partial charge in [0.05, 0.1) is 11.1 Å². The number of aromatic nitrogens is 2. The number of hydrogen-bond donors (Lipinski definition) is 2. The molecule has 0 aliphatic heterocycles. The lowest BCUT2D eigenvalue weighted by molar-refractivity contribution is 0.477. The molecule has 1 aliphatic rings. The van der Waals surface area contributed by atoms with Gasteiger partial charge < -0.3 is 10.4 Å². The Hall–Kier alpha value is -2.92. The average molecular weight is 388 g/mol. The number of aryl methyl sites for hydroxylation is 3. The number of nitrogens with zero attached hydrogens (tertiary/aromatic N) is 2. The van der Waals surface area contributed by atoms with Crippen LogP contribution in [0.15, 0.2) is 48.1 Å². The Bertz CT molecular complexity index is 1180. The topological polar surface area (TPSA) is 58.0 Å². The summed E-state index contributed by atoms with van der Waals surface area (Å²) in [5.74, 6) is 0.933. The maximum absolute atomic E-state index is 10.2. The molecule has 0 saturated carbocycles. The third-order valence-corrected chi connectivity index (χ3v) is 6.32. The van der Waals surface area contributed by atoms with Crippen molar-refractivity contribution in [2.24, 2.45) is 0 Å². The summed E-state index contributed by atoms with van der Waals surface area (Å²) < 4.78 is 0. The summed E-state index contributed by atoms with van der Waals surface area (Å²) in [5.41, 5.74) is 7.02. The van der Waals surface area contributed by atoms with Crippen LogP contribution in [0.5, 0.6) is 5.75 Å². The Labute approximate surface area is 167 Å². The van der Waals surface area contributed by atoms with Crippen molar-refractivity contribution in [1.29, 1.82) is 0 Å². The zero-order valence-corrected chi connectivity index (χ0v) is 16.5. The third kappa shape index (κ3) is 3.02. The first kappa shape index (κ1) is 17.2. The zero-order valence-electron chi connectivity index (χ0n) is 15.7. The van der Waals surface area contributed by atoms with Crippen LogP contribution < -0.4 is 5.32 Å². The Morgan fingerprint density at radius 1 is 1.00 bits per heavy atom. The number of phenolic OH excluding ortho intramolecular Hbond substituents is 1. The van der Waals surface area contributed by atoms with Crippen LogP contribution in [0, 0.1) is 6.92 Å². The number of thiophene rings is 1. The smallest absolute Gasteiger partial charge is 0.143 e. The van der Waals surface area contributed by atoms with Gasteiger partial charge in [-0.15, -0.1) is 11.3 Å². The largest absolute Gasteiger partial charge is 0.506 e. The van der Waals surface area contributed by atoms with E-state index in [1.165, 1.54) is 36.0 Å². The summed E-state index contributed by atoms with van der Waals surface area (Å²) in [5, 5.41) is 16.7. The molecule has 0 spiro atoms. The predicted octanol–water partition coefficient (Wildman–Crippen LogP) is 5.99. The molecule has 4 nitrogen and oxygen atoms in total. The van der Waals surface area contributed by atoms with Crippen molar-refractivity contribution in [1.82, 2.24) is 9.97 Å². The van der Waals surface area contributed by atoms with Crippen molar-refractivity contribution >= 4 is 33.1 Å². The molecule has 140 valence electrons. The molecule has 28 heavy (non-hydrogen) atoms. The lowest BCUT2D eigenvalue weighted by Gasteiger charge is -2.16. The van der Waals surface area contributed by atoms with Crippen LogP contribution in [-0.2, 0) is 12.8 Å². The van der Waals surface area contributed by atoms with E-state index < -0.39 is 0 Å². The van der Waals surface area contributed by atoms with Crippen LogP contribution in [0.2, 0.25) is 0 Å². The first-order valence-electron chi connectivity index (χ1n) is 9.60. The fourth-order valence-corrected chi connectivity index (χ4v) is 4.88. The lowest BCUT2D eigenvalue weighted by atomic mass is 9.89. The first-order chi connectivity index (χ1) is 13.7. The summed E-state index contributed by atoms with van der Waals surface area (Å²) in [6.07, 6.45) is 6.47. The van der Waals surface area contributed by atoms with E-state index in [2.05, 4.69) is 38.9 Å². The molecule has 5 heteroatoms. The minimum atomic E-state index is 0.211. The van der Waals surface area contributed by atoms with Crippen molar-refractivity contribution in [3.05, 3.63) is 64.8 Å². The summed E-state index contributed by atoms with van der Waals surface area (Å²) in [6, 6.07) is 12.3. The van der Waals surface area contributed by atoms with E-state index in [4.69, 9.17) is 0 Å². The van der Waals surface area contributed by atoms with Crippen molar-refractivity contribution in [2.75, 3.05) is 5.32 Å². The van der Waals surface area contributed by atoms with Gasteiger partial charge in [-0.1, -0.05) is 24.3 Å². The van der Waals surface area contributed by atoms with Gasteiger partial charge in [0.15, 0.2) is 0 Å². The monoisotopic (exact) mass is 387 g/mol. The molecule has 0 fully saturated rings. The number of aromatic hydroxyl groups is 1. The van der Waals surface area contributed by atoms with Crippen LogP contribution in [0.4, 0.5) is 11.5 Å². The van der Waals surface area contributed by atoms with Gasteiger partial charge in [-0.25, -0.2) is 9.97 Å². The highest BCUT2D eigenvalue weighted by Crippen LogP contribution is 2.39. The van der Waals surface area contributed by atoms with E-state index in [-0.39, 0.29) is 5.75 Å². The third-order valence-electron chi connectivity index (χ3n) is 5.43. The van der Waals surface area contributed by atoms with E-state index in [1.54, 1.807) is 23.7 Å². The predicted molar refractivity (Wildman–Crippen MR) is 116 cm³/mol. The quantitative estimate of drug-likeness (QED) is 0.424. The minimum Gasteiger partial charge on any atom is -0.506 e. The molecule has 0 amide bonds. The van der Waals surface area contributed by atoms with Gasteiger partial charge in [-0.3, -0.25) is 0 Å². The second-order valence-corrected chi connectivity index (χ2v) is 8.25. The molecule has 5 rings (SSSR count). The number of hydrogen-bond acceptors (Lipinski definition) is 5. The van der Waals surface area contributed by atoms with Gasteiger partial charge in [-0.05, 0) is 67.0 Å². The number of benzene rings is 2. The molecule has 0 saturated heterocycles. The van der Waals surface area contributed by atoms with Crippen LogP contribution in [0.1, 0.15) is 29.5 Å². The molecular weight excluding hydrogens is 366 g/mol. The van der Waals surface area contributed by atoms with E-state index in [0.29, 0.717) is 5.69 Å². The fourth-order valence-electron chi connectivity index (χ4n) is 3.96. The first-order valence-corrected chi connectivity index (χ1v) is 10.5. The second-order valence-electron chi connectivity index (χ2n) is 7.39. The van der Waals surface area contributed by atoms with Gasteiger partial charge in [0, 0.05) is 10.9 Å². The Morgan fingerprint density at radius 3 is 2.75 bits per heavy atom. The zero-order chi connectivity index (χ0) is 19.1. The Kier molecular flexibility index (Phi) is 4.24. The number of anilines is 2. The molecule has 2 heterocycles. The van der Waals surface area contributed by atoms with Crippen molar-refractivity contribution < 1.29 is 5.11 Å². The number of rotatable bonds is 3. The Morgan fingerprint density at radius 2 is 1.86 bits per heavy atom. The number of fused-ring (bicyclic) bond motifs is 2. The highest BCUT2D eigenvalue weighted by atomic mass is 32.1. The molecule has 2 aromatic carbocycles. The van der Waals surface area contributed by atoms with Crippen molar-refractivity contribution in [3.63, 3.8) is 0 Å². The summed E-state index contributed by atoms with van der Waals surface area (Å²) in [6.45, 7) is 2.00. The maximum Gasteiger partial charge on any atom is 0.143 e. The van der Waals surface area contributed by atoms with E-state index >= 15 is 0 Å². The van der Waals surface area contributed by atoms with E-state index in [0.717, 1.165) is 33.6 Å². The second kappa shape index (κ2) is 6.91. The van der Waals surface area contributed by atoms with Crippen LogP contribution in [-0.4, -0.2) is 15.1 Å². The maximum atomic E-state index is 10.2. The van der Waals surface area contributed by atoms with Gasteiger partial charge in [0.1, 0.15) is 22.7 Å². The molecule has 0 bridgehead atoms. The minimum absolute atomic E-state index is 0.211. The molecule has 4 aromatic rings. The number of nitrogens with one attached hydrogen (secondary N) is 1. The van der Waals surface area contributed by atoms with E-state index in [1.807, 2.05) is 19.1 Å². The average Bonchev–Trinajstić information content (AvgIpc) is 3.15. The fraction of sp³-hybridized carbons (Fsp3) is 0.217. The lowest BCUT2D eigenvalue weighted by Crippen LogP contribution is -2.02. The SMILES string of the molecule is Cc1ccc(O)c(Nc2ncnc3scc(-c4ccc5c(c4)CCCC5)c23)c1. The van der Waals surface area contributed by atoms with Crippen LogP contribution in [0.25, 0.3) is 21.3 Å². The van der Waals surface area contributed by atoms with Gasteiger partial charge in [0.2, 0.25) is 0 Å². The molecule has 0 unspecified atom stereocenters. The van der Waals surface area contributed by atoms with Gasteiger partial charge >= 0.3 is 0 Å². The summed E-state index contributed by atoms with van der Waals surface area (Å²) in [4.78, 5) is 9.90. The summed E-state index contributed by atoms with van der Waals surface area (Å²) >= 11 is 1.62. The van der Waals surface area contributed by atoms with Crippen LogP contribution in [0.3, 0.4) is 0 Å². The normalized spacial score (nSPS) is 13.5. The van der Waals surface area contributed by atoms with Gasteiger partial charge in [0.25, 0.3) is 0 Å². The molecular formula is C23H21N3OS. The highest BCUT2D eigenvalue weighted by molar-refractivity contribution is 7.17.